The van der Waals surface area contributed by atoms with Crippen molar-refractivity contribution < 1.29 is 0 Å². The molecule has 1 aliphatic heterocycles. The second kappa shape index (κ2) is 5.58. The Labute approximate surface area is 76.9 Å². The lowest BCUT2D eigenvalue weighted by molar-refractivity contribution is 0.212. The number of hydrogen-bond donors (Lipinski definition) is 1. The van der Waals surface area contributed by atoms with Crippen molar-refractivity contribution in [3.63, 3.8) is 0 Å². The largest absolute Gasteiger partial charge is 0.316 e. The van der Waals surface area contributed by atoms with Gasteiger partial charge in [-0.2, -0.15) is 0 Å². The summed E-state index contributed by atoms with van der Waals surface area (Å²) in [6.45, 7) is 7.19. The van der Waals surface area contributed by atoms with E-state index in [1.165, 1.54) is 45.2 Å². The number of unbranched alkanes of at least 4 members (excludes halogenated alkanes) is 2. The van der Waals surface area contributed by atoms with Crippen molar-refractivity contribution in [3.05, 3.63) is 0 Å². The Balaban J connectivity index is 2.07. The Hall–Kier alpha value is -0.0400. The lowest BCUT2D eigenvalue weighted by atomic mass is 9.82. The molecule has 0 spiro atoms. The number of hydrogen-bond acceptors (Lipinski definition) is 1. The fourth-order valence-electron chi connectivity index (χ4n) is 2.07. The molecule has 1 aliphatic rings. The maximum absolute atomic E-state index is 3.37. The molecule has 0 radical (unpaired) electrons. The highest BCUT2D eigenvalue weighted by Gasteiger charge is 2.24. The molecule has 1 fully saturated rings. The van der Waals surface area contributed by atoms with E-state index in [9.17, 15) is 0 Å². The molecule has 1 N–H and O–H groups in total. The molecule has 0 aromatic rings. The molecule has 1 saturated heterocycles. The van der Waals surface area contributed by atoms with Crippen molar-refractivity contribution in [1.82, 2.24) is 5.32 Å². The Kier molecular flexibility index (Phi) is 4.67. The van der Waals surface area contributed by atoms with Gasteiger partial charge in [-0.25, -0.2) is 0 Å². The summed E-state index contributed by atoms with van der Waals surface area (Å²) < 4.78 is 0. The van der Waals surface area contributed by atoms with Gasteiger partial charge >= 0.3 is 0 Å². The predicted octanol–water partition coefficient (Wildman–Crippen LogP) is 2.81. The Morgan fingerprint density at radius 2 is 2.00 bits per heavy atom. The molecule has 1 heteroatoms. The maximum Gasteiger partial charge on any atom is -0.000560 e. The number of rotatable bonds is 6. The van der Waals surface area contributed by atoms with Crippen molar-refractivity contribution in [2.45, 2.75) is 46.0 Å². The lowest BCUT2D eigenvalue weighted by Crippen LogP contribution is -2.46. The minimum absolute atomic E-state index is 1.01. The molecule has 0 aliphatic carbocycles. The van der Waals surface area contributed by atoms with Gasteiger partial charge in [-0.1, -0.05) is 46.0 Å². The molecule has 1 rings (SSSR count). The third kappa shape index (κ3) is 2.78. The zero-order valence-corrected chi connectivity index (χ0v) is 8.60. The summed E-state index contributed by atoms with van der Waals surface area (Å²) in [5, 5.41) is 3.37. The summed E-state index contributed by atoms with van der Waals surface area (Å²) >= 11 is 0. The van der Waals surface area contributed by atoms with Crippen molar-refractivity contribution in [2.75, 3.05) is 13.1 Å². The first-order chi connectivity index (χ1) is 5.88. The Morgan fingerprint density at radius 1 is 1.25 bits per heavy atom. The molecule has 0 bridgehead atoms. The van der Waals surface area contributed by atoms with Crippen LogP contribution in [-0.2, 0) is 0 Å². The molecule has 0 saturated carbocycles. The molecule has 1 nitrogen and oxygen atoms in total. The van der Waals surface area contributed by atoms with Crippen LogP contribution in [0.5, 0.6) is 0 Å². The fraction of sp³-hybridized carbons (Fsp3) is 1.00. The zero-order chi connectivity index (χ0) is 8.81. The lowest BCUT2D eigenvalue weighted by Gasteiger charge is -2.34. The van der Waals surface area contributed by atoms with Crippen LogP contribution in [-0.4, -0.2) is 13.1 Å². The quantitative estimate of drug-likeness (QED) is 0.603. The minimum Gasteiger partial charge on any atom is -0.316 e. The molecule has 1 atom stereocenters. The maximum atomic E-state index is 3.37. The predicted molar refractivity (Wildman–Crippen MR) is 54.3 cm³/mol. The zero-order valence-electron chi connectivity index (χ0n) is 8.60. The summed E-state index contributed by atoms with van der Waals surface area (Å²) in [7, 11) is 0. The molecule has 1 unspecified atom stereocenters. The van der Waals surface area contributed by atoms with E-state index < -0.39 is 0 Å². The van der Waals surface area contributed by atoms with Gasteiger partial charge in [-0.15, -0.1) is 0 Å². The van der Waals surface area contributed by atoms with Gasteiger partial charge in [0, 0.05) is 0 Å². The van der Waals surface area contributed by atoms with Crippen LogP contribution in [0.2, 0.25) is 0 Å². The SMILES string of the molecule is CCCCCC(CC)C1CNC1. The molecule has 0 aromatic heterocycles. The van der Waals surface area contributed by atoms with Crippen LogP contribution in [0, 0.1) is 11.8 Å². The van der Waals surface area contributed by atoms with Crippen molar-refractivity contribution >= 4 is 0 Å². The van der Waals surface area contributed by atoms with Crippen molar-refractivity contribution in [3.8, 4) is 0 Å². The fourth-order valence-corrected chi connectivity index (χ4v) is 2.07. The Morgan fingerprint density at radius 3 is 2.42 bits per heavy atom. The number of nitrogens with one attached hydrogen (secondary N) is 1. The molecule has 0 amide bonds. The smallest absolute Gasteiger partial charge is 0.000560 e. The van der Waals surface area contributed by atoms with E-state index in [0.29, 0.717) is 0 Å². The molecule has 0 aromatic carbocycles. The average molecular weight is 169 g/mol. The minimum atomic E-state index is 1.01. The van der Waals surface area contributed by atoms with Crippen molar-refractivity contribution in [2.24, 2.45) is 11.8 Å². The second-order valence-electron chi connectivity index (χ2n) is 4.08. The third-order valence-corrected chi connectivity index (χ3v) is 3.18. The van der Waals surface area contributed by atoms with Crippen LogP contribution >= 0.6 is 0 Å². The van der Waals surface area contributed by atoms with Crippen LogP contribution in [0.4, 0.5) is 0 Å². The summed E-state index contributed by atoms with van der Waals surface area (Å²) in [6.07, 6.45) is 7.09. The first-order valence-electron chi connectivity index (χ1n) is 5.59. The molecule has 12 heavy (non-hydrogen) atoms. The van der Waals surface area contributed by atoms with E-state index in [2.05, 4.69) is 19.2 Å². The van der Waals surface area contributed by atoms with Gasteiger partial charge in [0.1, 0.15) is 0 Å². The van der Waals surface area contributed by atoms with Crippen LogP contribution in [0.15, 0.2) is 0 Å². The van der Waals surface area contributed by atoms with Gasteiger partial charge in [0.25, 0.3) is 0 Å². The Bertz CT molecular complexity index is 108. The van der Waals surface area contributed by atoms with E-state index in [1.54, 1.807) is 0 Å². The summed E-state index contributed by atoms with van der Waals surface area (Å²) in [5.41, 5.74) is 0. The third-order valence-electron chi connectivity index (χ3n) is 3.18. The topological polar surface area (TPSA) is 12.0 Å². The molecule has 72 valence electrons. The van der Waals surface area contributed by atoms with Gasteiger partial charge in [-0.3, -0.25) is 0 Å². The van der Waals surface area contributed by atoms with Crippen LogP contribution in [0.1, 0.15) is 46.0 Å². The van der Waals surface area contributed by atoms with Crippen LogP contribution in [0.25, 0.3) is 0 Å². The monoisotopic (exact) mass is 169 g/mol. The van der Waals surface area contributed by atoms with Gasteiger partial charge in [0.05, 0.1) is 0 Å². The van der Waals surface area contributed by atoms with Crippen molar-refractivity contribution in [1.29, 1.82) is 0 Å². The summed E-state index contributed by atoms with van der Waals surface area (Å²) in [5.74, 6) is 2.02. The van der Waals surface area contributed by atoms with E-state index in [0.717, 1.165) is 11.8 Å². The van der Waals surface area contributed by atoms with E-state index >= 15 is 0 Å². The van der Waals surface area contributed by atoms with E-state index in [4.69, 9.17) is 0 Å². The molecular weight excluding hydrogens is 146 g/mol. The van der Waals surface area contributed by atoms with Gasteiger partial charge in [0.2, 0.25) is 0 Å². The standard InChI is InChI=1S/C11H23N/c1-3-5-6-7-10(4-2)11-8-12-9-11/h10-12H,3-9H2,1-2H3. The molecular formula is C11H23N. The van der Waals surface area contributed by atoms with E-state index in [1.807, 2.05) is 0 Å². The van der Waals surface area contributed by atoms with Crippen LogP contribution < -0.4 is 5.32 Å². The first-order valence-corrected chi connectivity index (χ1v) is 5.59. The van der Waals surface area contributed by atoms with Gasteiger partial charge in [-0.05, 0) is 24.9 Å². The van der Waals surface area contributed by atoms with E-state index in [-0.39, 0.29) is 0 Å². The summed E-state index contributed by atoms with van der Waals surface area (Å²) in [6, 6.07) is 0. The van der Waals surface area contributed by atoms with Gasteiger partial charge < -0.3 is 5.32 Å². The van der Waals surface area contributed by atoms with Gasteiger partial charge in [0.15, 0.2) is 0 Å². The molecule has 1 heterocycles. The van der Waals surface area contributed by atoms with Crippen LogP contribution in [0.3, 0.4) is 0 Å². The summed E-state index contributed by atoms with van der Waals surface area (Å²) in [4.78, 5) is 0. The average Bonchev–Trinajstić information content (AvgIpc) is 1.99. The second-order valence-corrected chi connectivity index (χ2v) is 4.08. The normalized spacial score (nSPS) is 20.5. The highest BCUT2D eigenvalue weighted by molar-refractivity contribution is 4.80. The first kappa shape index (κ1) is 10.0. The highest BCUT2D eigenvalue weighted by atomic mass is 14.9. The highest BCUT2D eigenvalue weighted by Crippen LogP contribution is 2.25.